The summed E-state index contributed by atoms with van der Waals surface area (Å²) in [6.45, 7) is 5.48. The summed E-state index contributed by atoms with van der Waals surface area (Å²) in [5.41, 5.74) is 1.06. The molecule has 0 aliphatic heterocycles. The maximum Gasteiger partial charge on any atom is 0.0912 e. The van der Waals surface area contributed by atoms with Gasteiger partial charge in [-0.2, -0.15) is 5.26 Å². The first-order chi connectivity index (χ1) is 4.31. The van der Waals surface area contributed by atoms with Crippen molar-refractivity contribution < 1.29 is 0 Å². The highest BCUT2D eigenvalue weighted by Gasteiger charge is 1.71. The predicted octanol–water partition coefficient (Wildman–Crippen LogP) is 2.20. The minimum absolute atomic E-state index is 1.06. The second kappa shape index (κ2) is 4.86. The molecule has 0 aliphatic carbocycles. The second-order valence-corrected chi connectivity index (χ2v) is 1.60. The van der Waals surface area contributed by atoms with Gasteiger partial charge in [-0.1, -0.05) is 30.4 Å². The fraction of sp³-hybridized carbons (Fsp3) is 0.125. The van der Waals surface area contributed by atoms with Crippen LogP contribution in [-0.2, 0) is 0 Å². The third kappa shape index (κ3) is 4.57. The molecule has 1 nitrogen and oxygen atoms in total. The lowest BCUT2D eigenvalue weighted by molar-refractivity contribution is 1.52. The van der Waals surface area contributed by atoms with Gasteiger partial charge in [-0.05, 0) is 6.92 Å². The van der Waals surface area contributed by atoms with Crippen LogP contribution in [0.15, 0.2) is 36.5 Å². The van der Waals surface area contributed by atoms with Crippen LogP contribution in [0.5, 0.6) is 0 Å². The number of rotatable bonds is 2. The lowest BCUT2D eigenvalue weighted by Crippen LogP contribution is -1.60. The zero-order valence-electron chi connectivity index (χ0n) is 5.46. The number of nitrogens with zero attached hydrogens (tertiary/aromatic N) is 1. The molecule has 9 heavy (non-hydrogen) atoms. The number of nitriles is 1. The quantitative estimate of drug-likeness (QED) is 0.404. The van der Waals surface area contributed by atoms with Crippen molar-refractivity contribution >= 4 is 0 Å². The van der Waals surface area contributed by atoms with E-state index in [4.69, 9.17) is 5.26 Å². The largest absolute Gasteiger partial charge is 0.193 e. The molecule has 0 saturated heterocycles. The summed E-state index contributed by atoms with van der Waals surface area (Å²) in [5.74, 6) is 0. The topological polar surface area (TPSA) is 23.8 Å². The second-order valence-electron chi connectivity index (χ2n) is 1.60. The summed E-state index contributed by atoms with van der Waals surface area (Å²) < 4.78 is 0. The normalized spacial score (nSPS) is 11.3. The van der Waals surface area contributed by atoms with Crippen LogP contribution >= 0.6 is 0 Å². The Labute approximate surface area is 55.6 Å². The summed E-state index contributed by atoms with van der Waals surface area (Å²) in [4.78, 5) is 0. The van der Waals surface area contributed by atoms with Crippen LogP contribution < -0.4 is 0 Å². The fourth-order valence-corrected chi connectivity index (χ4v) is 0.311. The van der Waals surface area contributed by atoms with Gasteiger partial charge >= 0.3 is 0 Å². The van der Waals surface area contributed by atoms with E-state index in [9.17, 15) is 0 Å². The molecule has 0 aliphatic rings. The van der Waals surface area contributed by atoms with Crippen molar-refractivity contribution in [3.05, 3.63) is 36.5 Å². The average Bonchev–Trinajstić information content (AvgIpc) is 1.89. The van der Waals surface area contributed by atoms with E-state index in [2.05, 4.69) is 6.58 Å². The van der Waals surface area contributed by atoms with Gasteiger partial charge in [0.15, 0.2) is 0 Å². The Morgan fingerprint density at radius 1 is 1.67 bits per heavy atom. The molecule has 0 unspecified atom stereocenters. The minimum atomic E-state index is 1.06. The van der Waals surface area contributed by atoms with Crippen LogP contribution in [0.3, 0.4) is 0 Å². The van der Waals surface area contributed by atoms with Crippen LogP contribution in [0.2, 0.25) is 0 Å². The summed E-state index contributed by atoms with van der Waals surface area (Å²) >= 11 is 0. The Balaban J connectivity index is 3.86. The molecule has 0 spiro atoms. The Bertz CT molecular complexity index is 179. The van der Waals surface area contributed by atoms with Crippen molar-refractivity contribution in [2.75, 3.05) is 0 Å². The maximum atomic E-state index is 8.06. The zero-order chi connectivity index (χ0) is 7.11. The third-order valence-electron chi connectivity index (χ3n) is 0.852. The number of allylic oxidation sites excluding steroid dienone is 5. The molecule has 0 aromatic heterocycles. The van der Waals surface area contributed by atoms with Gasteiger partial charge < -0.3 is 0 Å². The van der Waals surface area contributed by atoms with E-state index in [0.717, 1.165) is 5.57 Å². The van der Waals surface area contributed by atoms with Gasteiger partial charge in [-0.15, -0.1) is 0 Å². The summed E-state index contributed by atoms with van der Waals surface area (Å²) in [7, 11) is 0. The molecule has 0 amide bonds. The predicted molar refractivity (Wildman–Crippen MR) is 38.7 cm³/mol. The first-order valence-corrected chi connectivity index (χ1v) is 2.66. The molecule has 0 rings (SSSR count). The number of hydrogen-bond acceptors (Lipinski definition) is 1. The van der Waals surface area contributed by atoms with E-state index in [1.165, 1.54) is 6.08 Å². The van der Waals surface area contributed by atoms with Crippen LogP contribution in [0.25, 0.3) is 0 Å². The van der Waals surface area contributed by atoms with Crippen molar-refractivity contribution in [2.45, 2.75) is 6.92 Å². The molecule has 1 heteroatoms. The molecule has 0 aromatic carbocycles. The lowest BCUT2D eigenvalue weighted by atomic mass is 10.3. The van der Waals surface area contributed by atoms with Gasteiger partial charge in [-0.25, -0.2) is 0 Å². The Hall–Kier alpha value is -1.29. The van der Waals surface area contributed by atoms with Crippen molar-refractivity contribution in [3.63, 3.8) is 0 Å². The molecule has 0 bridgehead atoms. The average molecular weight is 119 g/mol. The van der Waals surface area contributed by atoms with Crippen molar-refractivity contribution in [3.8, 4) is 6.07 Å². The highest BCUT2D eigenvalue weighted by atomic mass is 14.2. The molecule has 0 saturated carbocycles. The summed E-state index contributed by atoms with van der Waals surface area (Å²) in [6, 6.07) is 1.89. The van der Waals surface area contributed by atoms with Crippen LogP contribution in [0, 0.1) is 11.3 Å². The fourth-order valence-electron chi connectivity index (χ4n) is 0.311. The summed E-state index contributed by atoms with van der Waals surface area (Å²) in [5, 5.41) is 8.06. The van der Waals surface area contributed by atoms with E-state index < -0.39 is 0 Å². The van der Waals surface area contributed by atoms with Crippen molar-refractivity contribution in [2.24, 2.45) is 0 Å². The molecular weight excluding hydrogens is 110 g/mol. The van der Waals surface area contributed by atoms with Gasteiger partial charge in [0.25, 0.3) is 0 Å². The molecule has 0 atom stereocenters. The van der Waals surface area contributed by atoms with Gasteiger partial charge in [0.2, 0.25) is 0 Å². The van der Waals surface area contributed by atoms with Crippen molar-refractivity contribution in [1.82, 2.24) is 0 Å². The molecule has 0 radical (unpaired) electrons. The van der Waals surface area contributed by atoms with Gasteiger partial charge in [0.05, 0.1) is 6.07 Å². The molecular formula is C8H9N. The van der Waals surface area contributed by atoms with E-state index in [1.54, 1.807) is 12.2 Å². The zero-order valence-corrected chi connectivity index (χ0v) is 5.46. The number of hydrogen-bond donors (Lipinski definition) is 0. The Kier molecular flexibility index (Phi) is 4.16. The SMILES string of the molecule is C=CC(C)=CC=CC#N. The molecule has 0 aromatic rings. The van der Waals surface area contributed by atoms with Gasteiger partial charge in [0.1, 0.15) is 0 Å². The Morgan fingerprint density at radius 3 is 2.78 bits per heavy atom. The minimum Gasteiger partial charge on any atom is -0.193 e. The Morgan fingerprint density at radius 2 is 2.33 bits per heavy atom. The highest BCUT2D eigenvalue weighted by molar-refractivity contribution is 5.21. The van der Waals surface area contributed by atoms with E-state index in [0.29, 0.717) is 0 Å². The smallest absolute Gasteiger partial charge is 0.0912 e. The first kappa shape index (κ1) is 7.71. The molecule has 0 fully saturated rings. The van der Waals surface area contributed by atoms with E-state index in [1.807, 2.05) is 19.1 Å². The maximum absolute atomic E-state index is 8.06. The third-order valence-corrected chi connectivity index (χ3v) is 0.852. The van der Waals surface area contributed by atoms with Crippen LogP contribution in [-0.4, -0.2) is 0 Å². The van der Waals surface area contributed by atoms with Crippen LogP contribution in [0.1, 0.15) is 6.92 Å². The molecule has 46 valence electrons. The lowest BCUT2D eigenvalue weighted by Gasteiger charge is -1.81. The van der Waals surface area contributed by atoms with Crippen LogP contribution in [0.4, 0.5) is 0 Å². The van der Waals surface area contributed by atoms with E-state index >= 15 is 0 Å². The highest BCUT2D eigenvalue weighted by Crippen LogP contribution is 1.91. The summed E-state index contributed by atoms with van der Waals surface area (Å²) in [6.07, 6.45) is 6.68. The molecule has 0 N–H and O–H groups in total. The standard InChI is InChI=1S/C8H9N/c1-3-8(2)6-4-5-7-9/h3-6H,1H2,2H3. The first-order valence-electron chi connectivity index (χ1n) is 2.66. The van der Waals surface area contributed by atoms with E-state index in [-0.39, 0.29) is 0 Å². The van der Waals surface area contributed by atoms with Gasteiger partial charge in [-0.3, -0.25) is 0 Å². The van der Waals surface area contributed by atoms with Crippen molar-refractivity contribution in [1.29, 1.82) is 5.26 Å². The molecule has 0 heterocycles. The monoisotopic (exact) mass is 119 g/mol. The van der Waals surface area contributed by atoms with Gasteiger partial charge in [0, 0.05) is 6.08 Å².